The first-order valence-electron chi connectivity index (χ1n) is 13.4. The Balaban J connectivity index is 1.41. The Bertz CT molecular complexity index is 1660. The normalized spacial score (nSPS) is 23.8. The Hall–Kier alpha value is -4.23. The number of nitrogens with zero attached hydrogens (tertiary/aromatic N) is 6. The third-order valence-corrected chi connectivity index (χ3v) is 7.39. The van der Waals surface area contributed by atoms with Gasteiger partial charge in [0.2, 0.25) is 6.41 Å². The first kappa shape index (κ1) is 29.8. The van der Waals surface area contributed by atoms with Crippen molar-refractivity contribution in [1.29, 1.82) is 0 Å². The molecule has 2 fully saturated rings. The highest BCUT2D eigenvalue weighted by molar-refractivity contribution is 5.88. The van der Waals surface area contributed by atoms with Gasteiger partial charge in [-0.2, -0.15) is 18.3 Å². The summed E-state index contributed by atoms with van der Waals surface area (Å²) in [5.74, 6) is -0.921. The Morgan fingerprint density at radius 1 is 1.20 bits per heavy atom. The molecule has 14 nitrogen and oxygen atoms in total. The van der Waals surface area contributed by atoms with Gasteiger partial charge in [-0.1, -0.05) is 0 Å². The Labute approximate surface area is 245 Å². The number of ether oxygens (including phenoxy) is 2. The van der Waals surface area contributed by atoms with E-state index >= 15 is 0 Å². The molecule has 0 radical (unpaired) electrons. The second-order valence-corrected chi connectivity index (χ2v) is 10.4. The van der Waals surface area contributed by atoms with Crippen LogP contribution in [0.25, 0.3) is 22.7 Å². The summed E-state index contributed by atoms with van der Waals surface area (Å²) < 4.78 is 66.4. The molecule has 0 spiro atoms. The molecule has 44 heavy (non-hydrogen) atoms. The van der Waals surface area contributed by atoms with E-state index in [-0.39, 0.29) is 45.8 Å². The molecule has 0 saturated carbocycles. The van der Waals surface area contributed by atoms with Gasteiger partial charge in [0, 0.05) is 12.8 Å². The molecule has 0 aliphatic carbocycles. The van der Waals surface area contributed by atoms with Gasteiger partial charge in [0.25, 0.3) is 0 Å². The van der Waals surface area contributed by atoms with Crippen LogP contribution in [-0.4, -0.2) is 95.6 Å². The number of imidazole rings is 1. The lowest BCUT2D eigenvalue weighted by atomic mass is 10.1. The first-order chi connectivity index (χ1) is 21.1. The number of halogens is 4. The zero-order chi connectivity index (χ0) is 31.2. The highest BCUT2D eigenvalue weighted by Gasteiger charge is 2.44. The van der Waals surface area contributed by atoms with Gasteiger partial charge < -0.3 is 35.0 Å². The summed E-state index contributed by atoms with van der Waals surface area (Å²) in [6.07, 6.45) is -6.24. The molecule has 5 heterocycles. The number of fused-ring (bicyclic) bond motifs is 1. The lowest BCUT2D eigenvalue weighted by molar-refractivity contribution is -0.137. The van der Waals surface area contributed by atoms with Crippen LogP contribution in [0.1, 0.15) is 23.8 Å². The zero-order valence-electron chi connectivity index (χ0n) is 22.6. The summed E-state index contributed by atoms with van der Waals surface area (Å²) in [6, 6.07) is 1.86. The largest absolute Gasteiger partial charge is 0.416 e. The van der Waals surface area contributed by atoms with Crippen molar-refractivity contribution in [2.45, 2.75) is 49.7 Å². The van der Waals surface area contributed by atoms with E-state index < -0.39 is 55.2 Å². The Morgan fingerprint density at radius 2 is 2.02 bits per heavy atom. The van der Waals surface area contributed by atoms with Crippen LogP contribution < -0.4 is 10.2 Å². The van der Waals surface area contributed by atoms with Crippen molar-refractivity contribution in [1.82, 2.24) is 29.7 Å². The molecule has 5 atom stereocenters. The second kappa shape index (κ2) is 11.7. The van der Waals surface area contributed by atoms with Crippen molar-refractivity contribution >= 4 is 29.1 Å². The second-order valence-electron chi connectivity index (χ2n) is 10.4. The van der Waals surface area contributed by atoms with E-state index in [9.17, 15) is 37.7 Å². The summed E-state index contributed by atoms with van der Waals surface area (Å²) in [5, 5.41) is 40.5. The van der Waals surface area contributed by atoms with Crippen LogP contribution in [0, 0.1) is 5.82 Å². The van der Waals surface area contributed by atoms with E-state index in [4.69, 9.17) is 9.47 Å². The molecule has 3 aromatic heterocycles. The Morgan fingerprint density at radius 3 is 2.70 bits per heavy atom. The predicted octanol–water partition coefficient (Wildman–Crippen LogP) is 1.35. The van der Waals surface area contributed by atoms with Crippen molar-refractivity contribution in [3.63, 3.8) is 0 Å². The van der Waals surface area contributed by atoms with Gasteiger partial charge in [0.1, 0.15) is 24.1 Å². The number of aliphatic hydroxyl groups is 3. The first-order valence-corrected chi connectivity index (χ1v) is 13.4. The van der Waals surface area contributed by atoms with Gasteiger partial charge in [0.15, 0.2) is 34.7 Å². The van der Waals surface area contributed by atoms with Crippen LogP contribution in [0.5, 0.6) is 0 Å². The van der Waals surface area contributed by atoms with E-state index in [1.165, 1.54) is 17.1 Å². The van der Waals surface area contributed by atoms with Gasteiger partial charge in [-0.25, -0.2) is 19.3 Å². The fourth-order valence-electron chi connectivity index (χ4n) is 5.21. The number of aromatic amines is 1. The van der Waals surface area contributed by atoms with Crippen molar-refractivity contribution in [3.05, 3.63) is 47.7 Å². The highest BCUT2D eigenvalue weighted by atomic mass is 19.4. The number of carbonyl (C=O) groups is 1. The third kappa shape index (κ3) is 5.57. The average Bonchev–Trinajstić information content (AvgIpc) is 3.79. The minimum Gasteiger partial charge on any atom is -0.394 e. The lowest BCUT2D eigenvalue weighted by Crippen LogP contribution is -2.33. The van der Waals surface area contributed by atoms with E-state index in [1.807, 2.05) is 0 Å². The SMILES string of the molecule is O=CN(Cc1cc(F)cc(C(F)(F)F)c1)c1c[nH]nc1-c1nc(N[C@@H]2CCOC2)c2ncn([C@@H]3O[C@H](CO)[C@H](O)[C@@H]3O)c2n1. The van der Waals surface area contributed by atoms with Crippen LogP contribution in [0.15, 0.2) is 30.7 Å². The number of amides is 1. The molecule has 18 heteroatoms. The minimum atomic E-state index is -4.80. The van der Waals surface area contributed by atoms with Crippen molar-refractivity contribution in [3.8, 4) is 11.5 Å². The zero-order valence-corrected chi connectivity index (χ0v) is 22.6. The third-order valence-electron chi connectivity index (χ3n) is 7.39. The van der Waals surface area contributed by atoms with Gasteiger partial charge in [0.05, 0.1) is 43.4 Å². The number of hydrogen-bond acceptors (Lipinski definition) is 11. The fraction of sp³-hybridized carbons (Fsp3) is 0.423. The Kier molecular flexibility index (Phi) is 7.93. The van der Waals surface area contributed by atoms with E-state index in [1.54, 1.807) is 0 Å². The van der Waals surface area contributed by atoms with Crippen LogP contribution in [-0.2, 0) is 27.0 Å². The summed E-state index contributed by atoms with van der Waals surface area (Å²) >= 11 is 0. The molecule has 1 aromatic carbocycles. The van der Waals surface area contributed by atoms with E-state index in [0.717, 1.165) is 17.0 Å². The van der Waals surface area contributed by atoms with Gasteiger partial charge in [-0.05, 0) is 30.2 Å². The van der Waals surface area contributed by atoms with Crippen LogP contribution in [0.2, 0.25) is 0 Å². The number of aromatic nitrogens is 6. The molecule has 5 N–H and O–H groups in total. The molecule has 1 amide bonds. The molecule has 6 rings (SSSR count). The molecule has 234 valence electrons. The number of nitrogens with one attached hydrogen (secondary N) is 2. The van der Waals surface area contributed by atoms with E-state index in [2.05, 4.69) is 30.5 Å². The van der Waals surface area contributed by atoms with Gasteiger partial charge in [-0.3, -0.25) is 14.5 Å². The molecular weight excluding hydrogens is 596 g/mol. The lowest BCUT2D eigenvalue weighted by Gasteiger charge is -2.19. The average molecular weight is 623 g/mol. The molecular formula is C26H26F4N8O6. The molecule has 0 unspecified atom stereocenters. The van der Waals surface area contributed by atoms with Crippen LogP contribution >= 0.6 is 0 Å². The van der Waals surface area contributed by atoms with E-state index in [0.29, 0.717) is 32.1 Å². The monoisotopic (exact) mass is 622 g/mol. The number of carbonyl (C=O) groups excluding carboxylic acids is 1. The number of anilines is 2. The van der Waals surface area contributed by atoms with Gasteiger partial charge in [-0.15, -0.1) is 0 Å². The maximum absolute atomic E-state index is 14.1. The molecule has 2 aliphatic rings. The fourth-order valence-corrected chi connectivity index (χ4v) is 5.21. The summed E-state index contributed by atoms with van der Waals surface area (Å²) in [4.78, 5) is 26.7. The highest BCUT2D eigenvalue weighted by Crippen LogP contribution is 2.36. The topological polar surface area (TPSA) is 184 Å². The number of H-pyrrole nitrogens is 1. The van der Waals surface area contributed by atoms with Crippen LogP contribution in [0.3, 0.4) is 0 Å². The van der Waals surface area contributed by atoms with Crippen molar-refractivity contribution in [2.24, 2.45) is 0 Å². The standard InChI is InChI=1S/C26H26F4N8O6/c27-14-4-12(3-13(5-14)26(28,29)30)7-37(11-40)16-6-32-36-18(16)22-34-23(33-15-1-2-43-9-15)19-24(35-22)38(10-31-19)25-21(42)20(41)17(8-39)44-25/h3-6,10-11,15,17,20-21,25,39,41-42H,1-2,7-9H2,(H,32,36)(H,33,34,35)/t15-,17-,20+,21+,25-/m1/s1. The summed E-state index contributed by atoms with van der Waals surface area (Å²) in [5.41, 5.74) is -0.833. The molecule has 4 aromatic rings. The van der Waals surface area contributed by atoms with Crippen molar-refractivity contribution < 1.29 is 47.1 Å². The maximum Gasteiger partial charge on any atom is 0.416 e. The predicted molar refractivity (Wildman–Crippen MR) is 142 cm³/mol. The number of benzene rings is 1. The molecule has 2 aliphatic heterocycles. The molecule has 2 saturated heterocycles. The van der Waals surface area contributed by atoms with Crippen LogP contribution in [0.4, 0.5) is 29.1 Å². The maximum atomic E-state index is 14.1. The number of alkyl halides is 3. The molecule has 0 bridgehead atoms. The minimum absolute atomic E-state index is 0.0195. The number of aliphatic hydroxyl groups excluding tert-OH is 3. The number of hydrogen-bond donors (Lipinski definition) is 5. The quantitative estimate of drug-likeness (QED) is 0.134. The summed E-state index contributed by atoms with van der Waals surface area (Å²) in [6.45, 7) is -0.0890. The van der Waals surface area contributed by atoms with Gasteiger partial charge >= 0.3 is 6.18 Å². The number of rotatable bonds is 9. The van der Waals surface area contributed by atoms with Crippen molar-refractivity contribution in [2.75, 3.05) is 30.0 Å². The summed E-state index contributed by atoms with van der Waals surface area (Å²) in [7, 11) is 0. The smallest absolute Gasteiger partial charge is 0.394 e.